The molecule has 0 saturated carbocycles. The van der Waals surface area contributed by atoms with E-state index in [0.29, 0.717) is 11.1 Å². The van der Waals surface area contributed by atoms with Crippen molar-refractivity contribution in [2.75, 3.05) is 0 Å². The molecule has 0 aliphatic heterocycles. The molecule has 0 saturated heterocycles. The first-order valence-corrected chi connectivity index (χ1v) is 14.8. The summed E-state index contributed by atoms with van der Waals surface area (Å²) < 4.78 is 30.4. The Morgan fingerprint density at radius 1 is 0.667 bits per heavy atom. The highest BCUT2D eigenvalue weighted by molar-refractivity contribution is 9.10. The monoisotopic (exact) mass is 662 g/mol. The third kappa shape index (κ3) is 10.1. The summed E-state index contributed by atoms with van der Waals surface area (Å²) in [6, 6.07) is 32.2. The molecule has 2 heterocycles. The normalized spacial score (nSPS) is 9.98. The average molecular weight is 664 g/mol. The van der Waals surface area contributed by atoms with Crippen LogP contribution in [0, 0.1) is 34.3 Å². The van der Waals surface area contributed by atoms with E-state index in [-0.39, 0.29) is 11.6 Å². The minimum Gasteiger partial charge on any atom is -0.337 e. The smallest absolute Gasteiger partial charge is 0.123 e. The predicted molar refractivity (Wildman–Crippen MR) is 174 cm³/mol. The van der Waals surface area contributed by atoms with Crippen LogP contribution in [0.5, 0.6) is 0 Å². The lowest BCUT2D eigenvalue weighted by Gasteiger charge is -2.09. The maximum absolute atomic E-state index is 12.9. The van der Waals surface area contributed by atoms with Gasteiger partial charge < -0.3 is 9.13 Å². The lowest BCUT2D eigenvalue weighted by atomic mass is 10.1. The molecule has 0 spiro atoms. The number of rotatable bonds is 7. The fraction of sp³-hybridized carbons (Fsp3) is 0.111. The molecule has 0 aliphatic carbocycles. The minimum absolute atomic E-state index is 0.184. The lowest BCUT2D eigenvalue weighted by molar-refractivity contribution is 0.625. The van der Waals surface area contributed by atoms with Crippen LogP contribution < -0.4 is 0 Å². The zero-order chi connectivity index (χ0) is 31.9. The molecular weight excluding hydrogens is 634 g/mol. The number of benzene rings is 4. The predicted octanol–water partition coefficient (Wildman–Crippen LogP) is 8.39. The average Bonchev–Trinajstić information content (AvgIpc) is 3.78. The van der Waals surface area contributed by atoms with Crippen LogP contribution in [-0.4, -0.2) is 19.1 Å². The zero-order valence-corrected chi connectivity index (χ0v) is 25.9. The molecule has 0 bridgehead atoms. The first-order valence-electron chi connectivity index (χ1n) is 14.1. The molecule has 0 radical (unpaired) electrons. The van der Waals surface area contributed by atoms with Crippen molar-refractivity contribution in [1.82, 2.24) is 19.1 Å². The van der Waals surface area contributed by atoms with E-state index < -0.39 is 0 Å². The van der Waals surface area contributed by atoms with Crippen molar-refractivity contribution in [3.05, 3.63) is 167 Å². The second-order valence-corrected chi connectivity index (χ2v) is 10.6. The molecular formula is C36H29BrF2N6. The molecule has 2 aromatic heterocycles. The Hall–Kier alpha value is -5.38. The van der Waals surface area contributed by atoms with E-state index in [4.69, 9.17) is 5.26 Å². The molecule has 0 aliphatic rings. The van der Waals surface area contributed by atoms with Crippen molar-refractivity contribution in [1.29, 1.82) is 10.5 Å². The lowest BCUT2D eigenvalue weighted by Crippen LogP contribution is -2.02. The van der Waals surface area contributed by atoms with E-state index in [9.17, 15) is 14.0 Å². The first-order chi connectivity index (χ1) is 22.0. The van der Waals surface area contributed by atoms with Gasteiger partial charge in [0.1, 0.15) is 17.7 Å². The van der Waals surface area contributed by atoms with Crippen molar-refractivity contribution >= 4 is 15.9 Å². The fourth-order valence-electron chi connectivity index (χ4n) is 4.31. The Labute approximate surface area is 269 Å². The van der Waals surface area contributed by atoms with Gasteiger partial charge in [0.2, 0.25) is 0 Å². The van der Waals surface area contributed by atoms with Crippen LogP contribution in [0.2, 0.25) is 0 Å². The van der Waals surface area contributed by atoms with Gasteiger partial charge in [-0.05, 0) is 82.4 Å². The van der Waals surface area contributed by atoms with Crippen molar-refractivity contribution in [2.45, 2.75) is 25.9 Å². The van der Waals surface area contributed by atoms with Crippen LogP contribution in [0.3, 0.4) is 0 Å². The highest BCUT2D eigenvalue weighted by Gasteiger charge is 2.09. The Bertz CT molecular complexity index is 1850. The van der Waals surface area contributed by atoms with Crippen LogP contribution in [0.1, 0.15) is 22.3 Å². The van der Waals surface area contributed by atoms with Crippen LogP contribution >= 0.6 is 15.9 Å². The second-order valence-electron chi connectivity index (χ2n) is 9.77. The van der Waals surface area contributed by atoms with E-state index in [2.05, 4.69) is 32.0 Å². The highest BCUT2D eigenvalue weighted by Crippen LogP contribution is 2.23. The van der Waals surface area contributed by atoms with Gasteiger partial charge in [0.05, 0.1) is 41.7 Å². The molecule has 6 nitrogen and oxygen atoms in total. The number of aromatic nitrogens is 4. The standard InChI is InChI=1S/C18H14FN3.C11H11FN2.C7H4BrN/c19-16-7-5-14(6-8-16)9-10-22-13-21-12-18(22)17-4-2-1-3-15(17)11-20;12-11-3-1-10(2-4-11)5-7-14-8-6-13-9-14;8-7-4-2-1-3-6(7)5-9/h1-8,12-13H,9-10H2;1-4,6,8-9H,5,7H2;1-4H. The zero-order valence-electron chi connectivity index (χ0n) is 24.3. The Kier molecular flexibility index (Phi) is 12.3. The van der Waals surface area contributed by atoms with E-state index >= 15 is 0 Å². The van der Waals surface area contributed by atoms with Crippen LogP contribution in [0.4, 0.5) is 8.78 Å². The molecule has 6 rings (SSSR count). The van der Waals surface area contributed by atoms with E-state index in [0.717, 1.165) is 52.8 Å². The summed E-state index contributed by atoms with van der Waals surface area (Å²) in [5.41, 5.74) is 5.30. The molecule has 0 atom stereocenters. The molecule has 0 amide bonds. The van der Waals surface area contributed by atoms with Gasteiger partial charge in [-0.15, -0.1) is 0 Å². The number of nitrogens with zero attached hydrogens (tertiary/aromatic N) is 6. The number of hydrogen-bond acceptors (Lipinski definition) is 4. The van der Waals surface area contributed by atoms with Crippen LogP contribution in [0.25, 0.3) is 11.3 Å². The maximum atomic E-state index is 12.9. The molecule has 45 heavy (non-hydrogen) atoms. The third-order valence-electron chi connectivity index (χ3n) is 6.72. The molecule has 6 aromatic rings. The van der Waals surface area contributed by atoms with Gasteiger partial charge in [-0.25, -0.2) is 18.7 Å². The summed E-state index contributed by atoms with van der Waals surface area (Å²) >= 11 is 3.23. The SMILES string of the molecule is Fc1ccc(CCn2ccnc2)cc1.N#Cc1ccccc1-c1cncn1CCc1ccc(F)cc1.N#Cc1ccccc1Br. The minimum atomic E-state index is -0.227. The van der Waals surface area contributed by atoms with Crippen molar-refractivity contribution in [3.8, 4) is 23.4 Å². The quantitative estimate of drug-likeness (QED) is 0.172. The summed E-state index contributed by atoms with van der Waals surface area (Å²) in [6.07, 6.45) is 10.7. The van der Waals surface area contributed by atoms with Crippen molar-refractivity contribution < 1.29 is 8.78 Å². The molecule has 4 aromatic carbocycles. The van der Waals surface area contributed by atoms with Crippen LogP contribution in [0.15, 0.2) is 133 Å². The Morgan fingerprint density at radius 3 is 1.80 bits per heavy atom. The third-order valence-corrected chi connectivity index (χ3v) is 7.41. The van der Waals surface area contributed by atoms with E-state index in [1.165, 1.54) is 24.3 Å². The summed E-state index contributed by atoms with van der Waals surface area (Å²) in [6.45, 7) is 1.60. The van der Waals surface area contributed by atoms with Gasteiger partial charge in [0.15, 0.2) is 0 Å². The highest BCUT2D eigenvalue weighted by atomic mass is 79.9. The molecule has 0 fully saturated rings. The number of halogens is 3. The van der Waals surface area contributed by atoms with Gasteiger partial charge in [0, 0.05) is 35.5 Å². The maximum Gasteiger partial charge on any atom is 0.123 e. The van der Waals surface area contributed by atoms with Gasteiger partial charge in [-0.3, -0.25) is 0 Å². The van der Waals surface area contributed by atoms with Crippen molar-refractivity contribution in [3.63, 3.8) is 0 Å². The Morgan fingerprint density at radius 2 is 1.24 bits per heavy atom. The number of aryl methyl sites for hydroxylation is 4. The summed E-state index contributed by atoms with van der Waals surface area (Å²) in [5.74, 6) is -0.411. The van der Waals surface area contributed by atoms with Gasteiger partial charge in [0.25, 0.3) is 0 Å². The fourth-order valence-corrected chi connectivity index (χ4v) is 4.68. The van der Waals surface area contributed by atoms with Gasteiger partial charge in [-0.2, -0.15) is 10.5 Å². The molecule has 0 unspecified atom stereocenters. The van der Waals surface area contributed by atoms with Crippen LogP contribution in [-0.2, 0) is 25.9 Å². The molecule has 0 N–H and O–H groups in total. The summed E-state index contributed by atoms with van der Waals surface area (Å²) in [4.78, 5) is 8.15. The second kappa shape index (κ2) is 17.0. The van der Waals surface area contributed by atoms with E-state index in [1.54, 1.807) is 49.3 Å². The summed E-state index contributed by atoms with van der Waals surface area (Å²) in [5, 5.41) is 17.7. The van der Waals surface area contributed by atoms with E-state index in [1.807, 2.05) is 69.9 Å². The topological polar surface area (TPSA) is 83.2 Å². The number of nitriles is 2. The molecule has 224 valence electrons. The summed E-state index contributed by atoms with van der Waals surface area (Å²) in [7, 11) is 0. The largest absolute Gasteiger partial charge is 0.337 e. The number of hydrogen-bond donors (Lipinski definition) is 0. The number of imidazole rings is 2. The van der Waals surface area contributed by atoms with Crippen molar-refractivity contribution in [2.24, 2.45) is 0 Å². The molecule has 9 heteroatoms. The van der Waals surface area contributed by atoms with Gasteiger partial charge >= 0.3 is 0 Å². The Balaban J connectivity index is 0.000000171. The van der Waals surface area contributed by atoms with Gasteiger partial charge in [-0.1, -0.05) is 54.6 Å². The first kappa shape index (κ1) is 32.5.